The average Bonchev–Trinajstić information content (AvgIpc) is 3.45. The molecule has 0 aliphatic carbocycles. The number of halogens is 2. The average molecular weight is 586 g/mol. The molecule has 2 aromatic heterocycles. The van der Waals surface area contributed by atoms with Gasteiger partial charge in [0, 0.05) is 36.6 Å². The van der Waals surface area contributed by atoms with Crippen LogP contribution in [0.3, 0.4) is 0 Å². The molecule has 0 saturated carbocycles. The zero-order chi connectivity index (χ0) is 28.9. The SMILES string of the molecule is OC(CN1CCCCC1)Cn1ccc(-c2ccc3ncnc(Nc4ccc(OCc5cccc(F)c5)c(Cl)c4)c3c2)c1. The molecule has 5 aromatic rings. The number of fused-ring (bicyclic) bond motifs is 1. The Kier molecular flexibility index (Phi) is 8.65. The van der Waals surface area contributed by atoms with Crippen LogP contribution in [-0.4, -0.2) is 50.3 Å². The molecule has 3 heterocycles. The summed E-state index contributed by atoms with van der Waals surface area (Å²) in [6, 6.07) is 19.9. The highest BCUT2D eigenvalue weighted by Crippen LogP contribution is 2.32. The molecule has 1 saturated heterocycles. The number of piperidine rings is 1. The number of benzene rings is 3. The van der Waals surface area contributed by atoms with Gasteiger partial charge in [-0.25, -0.2) is 14.4 Å². The molecule has 1 atom stereocenters. The second-order valence-electron chi connectivity index (χ2n) is 10.8. The molecule has 216 valence electrons. The Balaban J connectivity index is 1.15. The van der Waals surface area contributed by atoms with E-state index in [1.165, 1.54) is 37.7 Å². The third-order valence-electron chi connectivity index (χ3n) is 7.54. The van der Waals surface area contributed by atoms with Gasteiger partial charge in [-0.05, 0) is 91.2 Å². The van der Waals surface area contributed by atoms with E-state index in [0.29, 0.717) is 29.7 Å². The second-order valence-corrected chi connectivity index (χ2v) is 11.2. The molecule has 42 heavy (non-hydrogen) atoms. The fraction of sp³-hybridized carbons (Fsp3) is 0.273. The van der Waals surface area contributed by atoms with Crippen molar-refractivity contribution in [3.8, 4) is 16.9 Å². The molecule has 1 aliphatic rings. The van der Waals surface area contributed by atoms with E-state index in [0.717, 1.165) is 46.4 Å². The van der Waals surface area contributed by atoms with Crippen molar-refractivity contribution in [2.45, 2.75) is 38.5 Å². The van der Waals surface area contributed by atoms with Crippen molar-refractivity contribution in [3.05, 3.63) is 102 Å². The summed E-state index contributed by atoms with van der Waals surface area (Å²) in [6.07, 6.45) is 8.92. The maximum absolute atomic E-state index is 13.5. The summed E-state index contributed by atoms with van der Waals surface area (Å²) in [6.45, 7) is 3.62. The number of ether oxygens (including phenoxy) is 1. The van der Waals surface area contributed by atoms with E-state index < -0.39 is 6.10 Å². The van der Waals surface area contributed by atoms with Crippen LogP contribution in [0.2, 0.25) is 5.02 Å². The highest BCUT2D eigenvalue weighted by molar-refractivity contribution is 6.32. The first-order valence-electron chi connectivity index (χ1n) is 14.3. The number of aliphatic hydroxyl groups excluding tert-OH is 1. The number of aliphatic hydroxyl groups is 1. The van der Waals surface area contributed by atoms with Crippen LogP contribution in [0.15, 0.2) is 85.5 Å². The van der Waals surface area contributed by atoms with Crippen molar-refractivity contribution in [1.82, 2.24) is 19.4 Å². The fourth-order valence-electron chi connectivity index (χ4n) is 5.42. The van der Waals surface area contributed by atoms with Crippen LogP contribution in [0.1, 0.15) is 24.8 Å². The number of anilines is 2. The molecule has 3 aromatic carbocycles. The molecule has 0 spiro atoms. The van der Waals surface area contributed by atoms with E-state index in [1.807, 2.05) is 24.4 Å². The van der Waals surface area contributed by atoms with Gasteiger partial charge in [-0.3, -0.25) is 0 Å². The minimum Gasteiger partial charge on any atom is -0.487 e. The lowest BCUT2D eigenvalue weighted by molar-refractivity contribution is 0.0884. The highest BCUT2D eigenvalue weighted by atomic mass is 35.5. The first kappa shape index (κ1) is 28.2. The third kappa shape index (κ3) is 6.90. The zero-order valence-corrected chi connectivity index (χ0v) is 24.0. The molecule has 1 fully saturated rings. The molecule has 2 N–H and O–H groups in total. The molecule has 0 bridgehead atoms. The number of aromatic nitrogens is 3. The molecule has 1 aliphatic heterocycles. The molecule has 1 unspecified atom stereocenters. The first-order valence-corrected chi connectivity index (χ1v) is 14.6. The van der Waals surface area contributed by atoms with Crippen molar-refractivity contribution in [2.75, 3.05) is 25.0 Å². The fourth-order valence-corrected chi connectivity index (χ4v) is 5.66. The summed E-state index contributed by atoms with van der Waals surface area (Å²) in [5.74, 6) is 0.858. The van der Waals surface area contributed by atoms with Gasteiger partial charge < -0.3 is 24.6 Å². The van der Waals surface area contributed by atoms with E-state index in [4.69, 9.17) is 16.3 Å². The van der Waals surface area contributed by atoms with Crippen molar-refractivity contribution >= 4 is 34.0 Å². The Morgan fingerprint density at radius 1 is 0.952 bits per heavy atom. The van der Waals surface area contributed by atoms with E-state index in [-0.39, 0.29) is 12.4 Å². The molecule has 0 radical (unpaired) electrons. The molecule has 7 nitrogen and oxygen atoms in total. The lowest BCUT2D eigenvalue weighted by atomic mass is 10.1. The summed E-state index contributed by atoms with van der Waals surface area (Å²) < 4.78 is 21.3. The van der Waals surface area contributed by atoms with Gasteiger partial charge in [0.2, 0.25) is 0 Å². The van der Waals surface area contributed by atoms with Gasteiger partial charge in [0.05, 0.1) is 16.6 Å². The van der Waals surface area contributed by atoms with E-state index in [9.17, 15) is 9.50 Å². The van der Waals surface area contributed by atoms with Crippen LogP contribution in [0.25, 0.3) is 22.0 Å². The topological polar surface area (TPSA) is 75.4 Å². The summed E-state index contributed by atoms with van der Waals surface area (Å²) in [7, 11) is 0. The maximum atomic E-state index is 13.5. The van der Waals surface area contributed by atoms with Gasteiger partial charge in [0.15, 0.2) is 0 Å². The van der Waals surface area contributed by atoms with Crippen molar-refractivity contribution < 1.29 is 14.2 Å². The monoisotopic (exact) mass is 585 g/mol. The number of rotatable bonds is 10. The first-order chi connectivity index (χ1) is 20.5. The van der Waals surface area contributed by atoms with Gasteiger partial charge in [0.1, 0.15) is 30.3 Å². The predicted octanol–water partition coefficient (Wildman–Crippen LogP) is 7.06. The van der Waals surface area contributed by atoms with Gasteiger partial charge >= 0.3 is 0 Å². The number of nitrogens with one attached hydrogen (secondary N) is 1. The Bertz CT molecular complexity index is 1670. The molecule has 0 amide bonds. The number of hydrogen-bond acceptors (Lipinski definition) is 6. The summed E-state index contributed by atoms with van der Waals surface area (Å²) in [5, 5.41) is 15.3. The van der Waals surface area contributed by atoms with Crippen molar-refractivity contribution in [3.63, 3.8) is 0 Å². The quantitative estimate of drug-likeness (QED) is 0.183. The number of hydrogen-bond donors (Lipinski definition) is 2. The molecule has 9 heteroatoms. The normalized spacial score (nSPS) is 14.6. The van der Waals surface area contributed by atoms with E-state index in [1.54, 1.807) is 24.3 Å². The minimum atomic E-state index is -0.408. The van der Waals surface area contributed by atoms with Gasteiger partial charge in [0.25, 0.3) is 0 Å². The van der Waals surface area contributed by atoms with Crippen molar-refractivity contribution in [2.24, 2.45) is 0 Å². The highest BCUT2D eigenvalue weighted by Gasteiger charge is 2.15. The molecular weight excluding hydrogens is 553 g/mol. The van der Waals surface area contributed by atoms with Crippen LogP contribution >= 0.6 is 11.6 Å². The van der Waals surface area contributed by atoms with Crippen molar-refractivity contribution in [1.29, 1.82) is 0 Å². The Morgan fingerprint density at radius 2 is 1.83 bits per heavy atom. The van der Waals surface area contributed by atoms with E-state index in [2.05, 4.69) is 43.1 Å². The van der Waals surface area contributed by atoms with Crippen LogP contribution in [0, 0.1) is 5.82 Å². The number of nitrogens with zero attached hydrogens (tertiary/aromatic N) is 4. The summed E-state index contributed by atoms with van der Waals surface area (Å²) >= 11 is 6.51. The number of likely N-dealkylation sites (tertiary alicyclic amines) is 1. The third-order valence-corrected chi connectivity index (χ3v) is 7.83. The molecular formula is C33H33ClFN5O2. The predicted molar refractivity (Wildman–Crippen MR) is 165 cm³/mol. The van der Waals surface area contributed by atoms with Gasteiger partial charge in [-0.15, -0.1) is 0 Å². The Morgan fingerprint density at radius 3 is 2.67 bits per heavy atom. The number of β-amino-alcohol motifs (C(OH)–C–C–N with tert-alkyl or cyclic N) is 1. The van der Waals surface area contributed by atoms with Crippen LogP contribution in [0.4, 0.5) is 15.9 Å². The van der Waals surface area contributed by atoms with Crippen LogP contribution < -0.4 is 10.1 Å². The largest absolute Gasteiger partial charge is 0.487 e. The lowest BCUT2D eigenvalue weighted by Gasteiger charge is -2.28. The van der Waals surface area contributed by atoms with Crippen LogP contribution in [0.5, 0.6) is 5.75 Å². The summed E-state index contributed by atoms with van der Waals surface area (Å²) in [5.41, 5.74) is 4.37. The summed E-state index contributed by atoms with van der Waals surface area (Å²) in [4.78, 5) is 11.3. The Labute approximate surface area is 249 Å². The second kappa shape index (κ2) is 12.9. The lowest BCUT2D eigenvalue weighted by Crippen LogP contribution is -2.37. The standard InChI is InChI=1S/C33H33ClFN5O2/c34-30-17-27(8-10-32(30)42-21-23-5-4-6-26(35)15-23)38-33-29-16-24(7-9-31(29)36-22-37-33)25-11-14-40(18-25)20-28(41)19-39-12-2-1-3-13-39/h4-11,14-18,22,28,41H,1-3,12-13,19-21H2,(H,36,37,38). The molecule has 6 rings (SSSR count). The van der Waals surface area contributed by atoms with Gasteiger partial charge in [-0.2, -0.15) is 0 Å². The van der Waals surface area contributed by atoms with Crippen LogP contribution in [-0.2, 0) is 13.2 Å². The van der Waals surface area contributed by atoms with E-state index >= 15 is 0 Å². The Hall–Kier alpha value is -3.98. The maximum Gasteiger partial charge on any atom is 0.141 e. The smallest absolute Gasteiger partial charge is 0.141 e. The van der Waals surface area contributed by atoms with Gasteiger partial charge in [-0.1, -0.05) is 36.2 Å². The zero-order valence-electron chi connectivity index (χ0n) is 23.2. The minimum absolute atomic E-state index is 0.211.